The van der Waals surface area contributed by atoms with Gasteiger partial charge in [-0.15, -0.1) is 0 Å². The quantitative estimate of drug-likeness (QED) is 0.641. The molecule has 1 aliphatic rings. The van der Waals surface area contributed by atoms with Crippen LogP contribution < -0.4 is 10.6 Å². The van der Waals surface area contributed by atoms with E-state index in [0.717, 1.165) is 11.3 Å². The van der Waals surface area contributed by atoms with Crippen molar-refractivity contribution in [1.29, 1.82) is 0 Å². The molecule has 1 aromatic rings. The van der Waals surface area contributed by atoms with E-state index in [-0.39, 0.29) is 17.4 Å². The Hall–Kier alpha value is -1.59. The maximum atomic E-state index is 12.6. The standard InChI is InChI=1S/C17H21ClN2O2S/c1-5-22-15(21)12-13(10-6-8-11(18)9-7-10)19-16(23)20-14(12)17(2,3)4/h6-9,13H,5H2,1-4H3,(H2,19,20,23). The molecule has 0 aromatic heterocycles. The number of hydrogen-bond donors (Lipinski definition) is 2. The van der Waals surface area contributed by atoms with Gasteiger partial charge in [0.25, 0.3) is 0 Å². The number of halogens is 1. The Balaban J connectivity index is 2.59. The Morgan fingerprint density at radius 1 is 1.30 bits per heavy atom. The van der Waals surface area contributed by atoms with Crippen molar-refractivity contribution in [3.63, 3.8) is 0 Å². The summed E-state index contributed by atoms with van der Waals surface area (Å²) in [6.07, 6.45) is 0. The van der Waals surface area contributed by atoms with Gasteiger partial charge in [-0.1, -0.05) is 44.5 Å². The van der Waals surface area contributed by atoms with E-state index in [4.69, 9.17) is 28.6 Å². The average molecular weight is 353 g/mol. The molecule has 1 unspecified atom stereocenters. The molecule has 0 bridgehead atoms. The summed E-state index contributed by atoms with van der Waals surface area (Å²) >= 11 is 11.3. The second-order valence-corrected chi connectivity index (χ2v) is 7.19. The van der Waals surface area contributed by atoms with Crippen molar-refractivity contribution in [3.05, 3.63) is 46.1 Å². The molecule has 0 saturated heterocycles. The van der Waals surface area contributed by atoms with Crippen molar-refractivity contribution in [2.45, 2.75) is 33.7 Å². The fourth-order valence-corrected chi connectivity index (χ4v) is 2.84. The molecule has 2 rings (SSSR count). The molecule has 1 atom stereocenters. The van der Waals surface area contributed by atoms with Gasteiger partial charge < -0.3 is 15.4 Å². The SMILES string of the molecule is CCOC(=O)C1=C(C(C)(C)C)NC(=S)NC1c1ccc(Cl)cc1. The molecule has 0 fully saturated rings. The van der Waals surface area contributed by atoms with Gasteiger partial charge in [0, 0.05) is 16.1 Å². The summed E-state index contributed by atoms with van der Waals surface area (Å²) in [5.41, 5.74) is 1.96. The Morgan fingerprint density at radius 3 is 2.43 bits per heavy atom. The summed E-state index contributed by atoms with van der Waals surface area (Å²) in [5, 5.41) is 7.42. The van der Waals surface area contributed by atoms with Gasteiger partial charge in [0.15, 0.2) is 5.11 Å². The van der Waals surface area contributed by atoms with Gasteiger partial charge in [0.2, 0.25) is 0 Å². The van der Waals surface area contributed by atoms with E-state index in [1.165, 1.54) is 0 Å². The molecule has 124 valence electrons. The molecule has 0 spiro atoms. The molecular weight excluding hydrogens is 332 g/mol. The number of esters is 1. The van der Waals surface area contributed by atoms with E-state index in [9.17, 15) is 4.79 Å². The third-order valence-corrected chi connectivity index (χ3v) is 3.99. The van der Waals surface area contributed by atoms with Crippen LogP contribution in [0.25, 0.3) is 0 Å². The number of carbonyl (C=O) groups excluding carboxylic acids is 1. The van der Waals surface area contributed by atoms with Crippen LogP contribution in [-0.4, -0.2) is 17.7 Å². The first kappa shape index (κ1) is 17.8. The Kier molecular flexibility index (Phi) is 5.32. The largest absolute Gasteiger partial charge is 0.463 e. The van der Waals surface area contributed by atoms with Crippen LogP contribution in [0.2, 0.25) is 5.02 Å². The van der Waals surface area contributed by atoms with E-state index in [1.807, 2.05) is 32.9 Å². The van der Waals surface area contributed by atoms with Gasteiger partial charge in [-0.3, -0.25) is 0 Å². The van der Waals surface area contributed by atoms with Crippen LogP contribution in [0.4, 0.5) is 0 Å². The number of hydrogen-bond acceptors (Lipinski definition) is 3. The fourth-order valence-electron chi connectivity index (χ4n) is 2.49. The van der Waals surface area contributed by atoms with Gasteiger partial charge in [0.05, 0.1) is 18.2 Å². The van der Waals surface area contributed by atoms with Crippen molar-refractivity contribution < 1.29 is 9.53 Å². The van der Waals surface area contributed by atoms with Gasteiger partial charge in [0.1, 0.15) is 0 Å². The molecule has 1 aliphatic heterocycles. The van der Waals surface area contributed by atoms with Crippen molar-refractivity contribution in [1.82, 2.24) is 10.6 Å². The van der Waals surface area contributed by atoms with Crippen molar-refractivity contribution in [2.75, 3.05) is 6.61 Å². The summed E-state index contributed by atoms with van der Waals surface area (Å²) in [7, 11) is 0. The molecule has 0 saturated carbocycles. The normalized spacial score (nSPS) is 18.3. The monoisotopic (exact) mass is 352 g/mol. The number of nitrogens with one attached hydrogen (secondary N) is 2. The Bertz CT molecular complexity index is 648. The number of thiocarbonyl (C=S) groups is 1. The Labute approximate surface area is 147 Å². The molecule has 6 heteroatoms. The highest BCUT2D eigenvalue weighted by Crippen LogP contribution is 2.35. The number of carbonyl (C=O) groups is 1. The van der Waals surface area contributed by atoms with E-state index in [2.05, 4.69) is 10.6 Å². The van der Waals surface area contributed by atoms with Crippen molar-refractivity contribution in [3.8, 4) is 0 Å². The smallest absolute Gasteiger partial charge is 0.338 e. The predicted octanol–water partition coefficient (Wildman–Crippen LogP) is 3.72. The minimum absolute atomic E-state index is 0.279. The summed E-state index contributed by atoms with van der Waals surface area (Å²) in [4.78, 5) is 12.6. The second-order valence-electron chi connectivity index (χ2n) is 6.34. The lowest BCUT2D eigenvalue weighted by Gasteiger charge is -2.36. The zero-order chi connectivity index (χ0) is 17.2. The van der Waals surface area contributed by atoms with Crippen LogP contribution in [0.5, 0.6) is 0 Å². The molecule has 23 heavy (non-hydrogen) atoms. The molecule has 1 heterocycles. The van der Waals surface area contributed by atoms with Gasteiger partial charge >= 0.3 is 5.97 Å². The van der Waals surface area contributed by atoms with Crippen LogP contribution in [0.15, 0.2) is 35.5 Å². The van der Waals surface area contributed by atoms with Gasteiger partial charge in [-0.2, -0.15) is 0 Å². The molecule has 2 N–H and O–H groups in total. The topological polar surface area (TPSA) is 50.4 Å². The van der Waals surface area contributed by atoms with E-state index < -0.39 is 0 Å². The summed E-state index contributed by atoms with van der Waals surface area (Å²) in [6.45, 7) is 8.20. The lowest BCUT2D eigenvalue weighted by atomic mass is 9.83. The average Bonchev–Trinajstić information content (AvgIpc) is 2.46. The highest BCUT2D eigenvalue weighted by atomic mass is 35.5. The predicted molar refractivity (Wildman–Crippen MR) is 96.2 cm³/mol. The fraction of sp³-hybridized carbons (Fsp3) is 0.412. The first-order chi connectivity index (χ1) is 10.7. The van der Waals surface area contributed by atoms with Crippen LogP contribution in [-0.2, 0) is 9.53 Å². The van der Waals surface area contributed by atoms with Gasteiger partial charge in [-0.05, 0) is 36.8 Å². The molecule has 0 radical (unpaired) electrons. The maximum Gasteiger partial charge on any atom is 0.338 e. The molecule has 4 nitrogen and oxygen atoms in total. The summed E-state index contributed by atoms with van der Waals surface area (Å²) < 4.78 is 5.27. The molecular formula is C17H21ClN2O2S. The first-order valence-electron chi connectivity index (χ1n) is 7.48. The number of ether oxygens (including phenoxy) is 1. The van der Waals surface area contributed by atoms with E-state index in [1.54, 1.807) is 19.1 Å². The number of allylic oxidation sites excluding steroid dienone is 1. The van der Waals surface area contributed by atoms with Gasteiger partial charge in [-0.25, -0.2) is 4.79 Å². The third kappa shape index (κ3) is 4.03. The van der Waals surface area contributed by atoms with Crippen LogP contribution >= 0.6 is 23.8 Å². The maximum absolute atomic E-state index is 12.6. The molecule has 1 aromatic carbocycles. The van der Waals surface area contributed by atoms with E-state index >= 15 is 0 Å². The summed E-state index contributed by atoms with van der Waals surface area (Å²) in [6, 6.07) is 6.99. The van der Waals surface area contributed by atoms with Crippen LogP contribution in [0.1, 0.15) is 39.3 Å². The van der Waals surface area contributed by atoms with Crippen LogP contribution in [0, 0.1) is 5.41 Å². The number of rotatable bonds is 3. The van der Waals surface area contributed by atoms with Crippen LogP contribution in [0.3, 0.4) is 0 Å². The third-order valence-electron chi connectivity index (χ3n) is 3.52. The molecule has 0 aliphatic carbocycles. The zero-order valence-corrected chi connectivity index (χ0v) is 15.3. The van der Waals surface area contributed by atoms with Crippen molar-refractivity contribution >= 4 is 34.9 Å². The minimum atomic E-state index is -0.366. The second kappa shape index (κ2) is 6.89. The van der Waals surface area contributed by atoms with Crippen molar-refractivity contribution in [2.24, 2.45) is 5.41 Å². The zero-order valence-electron chi connectivity index (χ0n) is 13.7. The summed E-state index contributed by atoms with van der Waals surface area (Å²) in [5.74, 6) is -0.347. The lowest BCUT2D eigenvalue weighted by molar-refractivity contribution is -0.139. The molecule has 0 amide bonds. The van der Waals surface area contributed by atoms with E-state index in [0.29, 0.717) is 22.3 Å². The lowest BCUT2D eigenvalue weighted by Crippen LogP contribution is -2.48. The number of benzene rings is 1. The minimum Gasteiger partial charge on any atom is -0.463 e. The highest BCUT2D eigenvalue weighted by molar-refractivity contribution is 7.80. The highest BCUT2D eigenvalue weighted by Gasteiger charge is 2.36. The Morgan fingerprint density at radius 2 is 1.91 bits per heavy atom. The first-order valence-corrected chi connectivity index (χ1v) is 8.27.